The maximum Gasteiger partial charge on any atom is 0.408 e. The maximum absolute atomic E-state index is 13.6. The van der Waals surface area contributed by atoms with Gasteiger partial charge in [0, 0.05) is 30.8 Å². The Morgan fingerprint density at radius 3 is 2.33 bits per heavy atom. The van der Waals surface area contributed by atoms with Gasteiger partial charge in [-0.3, -0.25) is 4.79 Å². The van der Waals surface area contributed by atoms with Crippen molar-refractivity contribution in [2.45, 2.75) is 24.0 Å². The van der Waals surface area contributed by atoms with Gasteiger partial charge in [0.25, 0.3) is 5.56 Å². The Kier molecular flexibility index (Phi) is 5.71. The molecule has 24 heavy (non-hydrogen) atoms. The van der Waals surface area contributed by atoms with E-state index in [1.165, 1.54) is 16.8 Å². The standard InChI is InChI=1S/C16H16F4N2OS/c1-3-22(24-13-8-9-21(2)14(23)10-13)15(16(18,19)20)11-4-6-12(17)7-5-11/h4-10,15H,3H2,1-2H3/t15-/m1/s1. The normalized spacial score (nSPS) is 13.3. The Morgan fingerprint density at radius 2 is 1.83 bits per heavy atom. The lowest BCUT2D eigenvalue weighted by atomic mass is 10.1. The molecule has 3 nitrogen and oxygen atoms in total. The van der Waals surface area contributed by atoms with Crippen molar-refractivity contribution in [2.24, 2.45) is 7.05 Å². The Morgan fingerprint density at radius 1 is 1.21 bits per heavy atom. The second-order valence-electron chi connectivity index (χ2n) is 5.13. The predicted molar refractivity (Wildman–Crippen MR) is 85.1 cm³/mol. The molecule has 0 saturated heterocycles. The molecule has 2 aromatic rings. The van der Waals surface area contributed by atoms with Crippen molar-refractivity contribution in [1.82, 2.24) is 8.87 Å². The SMILES string of the molecule is CCN(Sc1ccn(C)c(=O)c1)[C@H](c1ccc(F)cc1)C(F)(F)F. The number of alkyl halides is 3. The molecule has 1 aromatic heterocycles. The molecular formula is C16H16F4N2OS. The molecule has 0 aliphatic heterocycles. The molecule has 0 aliphatic carbocycles. The lowest BCUT2D eigenvalue weighted by molar-refractivity contribution is -0.172. The van der Waals surface area contributed by atoms with E-state index in [9.17, 15) is 22.4 Å². The summed E-state index contributed by atoms with van der Waals surface area (Å²) in [6.07, 6.45) is -3.04. The van der Waals surface area contributed by atoms with E-state index < -0.39 is 18.0 Å². The topological polar surface area (TPSA) is 25.2 Å². The molecule has 1 aromatic carbocycles. The van der Waals surface area contributed by atoms with Crippen LogP contribution in [-0.4, -0.2) is 21.6 Å². The highest BCUT2D eigenvalue weighted by Gasteiger charge is 2.44. The van der Waals surface area contributed by atoms with Gasteiger partial charge < -0.3 is 4.57 Å². The molecule has 1 atom stereocenters. The molecule has 0 N–H and O–H groups in total. The van der Waals surface area contributed by atoms with Crippen molar-refractivity contribution in [3.05, 3.63) is 64.3 Å². The minimum Gasteiger partial charge on any atom is -0.319 e. The molecule has 2 rings (SSSR count). The number of nitrogens with zero attached hydrogens (tertiary/aromatic N) is 2. The molecule has 1 heterocycles. The molecule has 0 spiro atoms. The molecule has 0 bridgehead atoms. The minimum atomic E-state index is -4.54. The second-order valence-corrected chi connectivity index (χ2v) is 6.25. The van der Waals surface area contributed by atoms with Crippen molar-refractivity contribution in [3.63, 3.8) is 0 Å². The monoisotopic (exact) mass is 360 g/mol. The predicted octanol–water partition coefficient (Wildman–Crippen LogP) is 4.16. The van der Waals surface area contributed by atoms with Gasteiger partial charge >= 0.3 is 6.18 Å². The molecule has 130 valence electrons. The van der Waals surface area contributed by atoms with E-state index in [2.05, 4.69) is 0 Å². The molecule has 0 unspecified atom stereocenters. The maximum atomic E-state index is 13.6. The van der Waals surface area contributed by atoms with Crippen LogP contribution >= 0.6 is 11.9 Å². The van der Waals surface area contributed by atoms with Crippen molar-refractivity contribution in [2.75, 3.05) is 6.54 Å². The highest BCUT2D eigenvalue weighted by atomic mass is 32.2. The van der Waals surface area contributed by atoms with E-state index >= 15 is 0 Å². The summed E-state index contributed by atoms with van der Waals surface area (Å²) in [5.74, 6) is -0.595. The van der Waals surface area contributed by atoms with Gasteiger partial charge in [-0.1, -0.05) is 19.1 Å². The third-order valence-electron chi connectivity index (χ3n) is 3.39. The molecule has 0 saturated carbocycles. The zero-order valence-corrected chi connectivity index (χ0v) is 13.9. The summed E-state index contributed by atoms with van der Waals surface area (Å²) in [6, 6.07) is 5.22. The molecule has 0 amide bonds. The smallest absolute Gasteiger partial charge is 0.319 e. The van der Waals surface area contributed by atoms with Crippen LogP contribution in [-0.2, 0) is 7.05 Å². The van der Waals surface area contributed by atoms with Gasteiger partial charge in [0.15, 0.2) is 0 Å². The highest BCUT2D eigenvalue weighted by molar-refractivity contribution is 7.97. The van der Waals surface area contributed by atoms with Gasteiger partial charge in [0.2, 0.25) is 0 Å². The third kappa shape index (κ3) is 4.39. The zero-order chi connectivity index (χ0) is 17.9. The fourth-order valence-electron chi connectivity index (χ4n) is 2.19. The number of aryl methyl sites for hydroxylation is 1. The largest absolute Gasteiger partial charge is 0.408 e. The summed E-state index contributed by atoms with van der Waals surface area (Å²) in [5, 5.41) is 0. The van der Waals surface area contributed by atoms with E-state index in [4.69, 9.17) is 0 Å². The Bertz CT molecular complexity index is 743. The average Bonchev–Trinajstić information content (AvgIpc) is 2.50. The minimum absolute atomic E-state index is 0.0536. The summed E-state index contributed by atoms with van der Waals surface area (Å²) in [7, 11) is 1.56. The quantitative estimate of drug-likeness (QED) is 0.591. The van der Waals surface area contributed by atoms with E-state index in [0.717, 1.165) is 40.5 Å². The van der Waals surface area contributed by atoms with E-state index in [-0.39, 0.29) is 17.7 Å². The first kappa shape index (κ1) is 18.5. The van der Waals surface area contributed by atoms with Gasteiger partial charge in [-0.05, 0) is 35.7 Å². The van der Waals surface area contributed by atoms with Crippen molar-refractivity contribution in [3.8, 4) is 0 Å². The van der Waals surface area contributed by atoms with Crippen LogP contribution in [0.2, 0.25) is 0 Å². The fourth-order valence-corrected chi connectivity index (χ4v) is 3.21. The first-order valence-corrected chi connectivity index (χ1v) is 7.93. The number of benzene rings is 1. The van der Waals surface area contributed by atoms with Crippen molar-refractivity contribution in [1.29, 1.82) is 0 Å². The number of halogens is 4. The summed E-state index contributed by atoms with van der Waals surface area (Å²) in [4.78, 5) is 12.1. The summed E-state index contributed by atoms with van der Waals surface area (Å²) in [6.45, 7) is 1.68. The lowest BCUT2D eigenvalue weighted by Gasteiger charge is -2.31. The highest BCUT2D eigenvalue weighted by Crippen LogP contribution is 2.42. The number of pyridine rings is 1. The summed E-state index contributed by atoms with van der Waals surface area (Å²) < 4.78 is 56.2. The van der Waals surface area contributed by atoms with Gasteiger partial charge in [-0.25, -0.2) is 8.70 Å². The van der Waals surface area contributed by atoms with E-state index in [1.807, 2.05) is 0 Å². The second kappa shape index (κ2) is 7.40. The van der Waals surface area contributed by atoms with Crippen LogP contribution in [0.25, 0.3) is 0 Å². The van der Waals surface area contributed by atoms with Gasteiger partial charge in [-0.15, -0.1) is 0 Å². The number of rotatable bonds is 5. The average molecular weight is 360 g/mol. The number of aromatic nitrogens is 1. The van der Waals surface area contributed by atoms with Crippen LogP contribution in [0.5, 0.6) is 0 Å². The number of hydrogen-bond acceptors (Lipinski definition) is 3. The lowest BCUT2D eigenvalue weighted by Crippen LogP contribution is -2.34. The summed E-state index contributed by atoms with van der Waals surface area (Å²) in [5.41, 5.74) is -0.358. The molecule has 8 heteroatoms. The van der Waals surface area contributed by atoms with Crippen LogP contribution in [0.4, 0.5) is 17.6 Å². The van der Waals surface area contributed by atoms with Crippen LogP contribution in [0.3, 0.4) is 0 Å². The first-order valence-electron chi connectivity index (χ1n) is 7.16. The Balaban J connectivity index is 2.36. The fraction of sp³-hybridized carbons (Fsp3) is 0.312. The number of hydrogen-bond donors (Lipinski definition) is 0. The molecule has 0 fully saturated rings. The van der Waals surface area contributed by atoms with E-state index in [1.54, 1.807) is 20.0 Å². The van der Waals surface area contributed by atoms with Gasteiger partial charge in [0.05, 0.1) is 0 Å². The van der Waals surface area contributed by atoms with Gasteiger partial charge in [0.1, 0.15) is 11.9 Å². The van der Waals surface area contributed by atoms with Crippen LogP contribution in [0, 0.1) is 5.82 Å². The molecule has 0 radical (unpaired) electrons. The van der Waals surface area contributed by atoms with E-state index in [0.29, 0.717) is 4.90 Å². The van der Waals surface area contributed by atoms with Crippen LogP contribution in [0.1, 0.15) is 18.5 Å². The van der Waals surface area contributed by atoms with Gasteiger partial charge in [-0.2, -0.15) is 13.2 Å². The van der Waals surface area contributed by atoms with Crippen LogP contribution < -0.4 is 5.56 Å². The van der Waals surface area contributed by atoms with Crippen molar-refractivity contribution >= 4 is 11.9 Å². The third-order valence-corrected chi connectivity index (χ3v) is 4.56. The Hall–Kier alpha value is -1.80. The van der Waals surface area contributed by atoms with Crippen molar-refractivity contribution < 1.29 is 17.6 Å². The first-order chi connectivity index (χ1) is 11.2. The zero-order valence-electron chi connectivity index (χ0n) is 13.0. The molecular weight excluding hydrogens is 344 g/mol. The molecule has 0 aliphatic rings. The summed E-state index contributed by atoms with van der Waals surface area (Å²) >= 11 is 0.852. The Labute approximate surface area is 141 Å². The van der Waals surface area contributed by atoms with Crippen LogP contribution in [0.15, 0.2) is 52.3 Å².